The fourth-order valence-corrected chi connectivity index (χ4v) is 4.46. The van der Waals surface area contributed by atoms with E-state index in [0.717, 1.165) is 55.2 Å². The van der Waals surface area contributed by atoms with Crippen LogP contribution in [-0.2, 0) is 12.8 Å². The Hall–Kier alpha value is -3.72. The van der Waals surface area contributed by atoms with Crippen LogP contribution in [0, 0.1) is 34.5 Å². The monoisotopic (exact) mass is 604 g/mol. The Morgan fingerprint density at radius 1 is 0.639 bits per heavy atom. The van der Waals surface area contributed by atoms with Crippen LogP contribution in [0.5, 0.6) is 0 Å². The van der Waals surface area contributed by atoms with Crippen LogP contribution >= 0.6 is 31.9 Å². The smallest absolute Gasteiger partial charge is 0.185 e. The van der Waals surface area contributed by atoms with E-state index in [1.54, 1.807) is 0 Å². The highest BCUT2D eigenvalue weighted by atomic mass is 79.9. The molecule has 0 fully saturated rings. The lowest BCUT2D eigenvalue weighted by molar-refractivity contribution is 0.853. The van der Waals surface area contributed by atoms with E-state index in [0.29, 0.717) is 13.1 Å². The number of benzene rings is 3. The lowest BCUT2D eigenvalue weighted by atomic mass is 10.1. The number of nitrogens with one attached hydrogen (secondary N) is 4. The first-order valence-electron chi connectivity index (χ1n) is 11.2. The molecule has 8 N–H and O–H groups in total. The standard InChI is InChI=1S/C28H26Br2N6/c29-25-15-21(13-23(17-25)8-10-35-27(31)32)6-4-19-2-1-3-20(12-19)5-7-22-14-24(18-26(30)16-22)9-11-36-28(33)34/h1-3,12-18H,8-11H2,(H4,31,32,35)(H4,33,34,36). The summed E-state index contributed by atoms with van der Waals surface area (Å²) in [5.74, 6) is 12.9. The average Bonchev–Trinajstić information content (AvgIpc) is 2.81. The molecule has 0 bridgehead atoms. The van der Waals surface area contributed by atoms with Gasteiger partial charge in [0.25, 0.3) is 0 Å². The molecule has 36 heavy (non-hydrogen) atoms. The van der Waals surface area contributed by atoms with Crippen LogP contribution in [0.3, 0.4) is 0 Å². The molecule has 0 heterocycles. The SMILES string of the molecule is N=C(N)NCCc1cc(Br)cc(C#Cc2cccc(C#Cc3cc(Br)cc(CCNC(=N)N)c3)c2)c1. The number of hydrogen-bond acceptors (Lipinski definition) is 2. The number of hydrogen-bond donors (Lipinski definition) is 6. The Labute approximate surface area is 228 Å². The molecule has 0 aliphatic carbocycles. The second-order valence-electron chi connectivity index (χ2n) is 7.96. The summed E-state index contributed by atoms with van der Waals surface area (Å²) in [6.45, 7) is 1.18. The van der Waals surface area contributed by atoms with Gasteiger partial charge in [-0.15, -0.1) is 0 Å². The van der Waals surface area contributed by atoms with Crippen LogP contribution in [0.25, 0.3) is 0 Å². The van der Waals surface area contributed by atoms with Crippen molar-refractivity contribution in [2.24, 2.45) is 11.5 Å². The van der Waals surface area contributed by atoms with E-state index >= 15 is 0 Å². The van der Waals surface area contributed by atoms with E-state index in [1.807, 2.05) is 60.7 Å². The minimum Gasteiger partial charge on any atom is -0.370 e. The molecular weight excluding hydrogens is 580 g/mol. The Kier molecular flexibility index (Phi) is 10.00. The van der Waals surface area contributed by atoms with E-state index in [-0.39, 0.29) is 11.9 Å². The molecule has 3 rings (SSSR count). The summed E-state index contributed by atoms with van der Waals surface area (Å²) >= 11 is 7.10. The van der Waals surface area contributed by atoms with Crippen LogP contribution in [-0.4, -0.2) is 25.0 Å². The van der Waals surface area contributed by atoms with E-state index in [4.69, 9.17) is 22.3 Å². The zero-order chi connectivity index (χ0) is 25.9. The number of guanidine groups is 2. The van der Waals surface area contributed by atoms with E-state index in [1.165, 1.54) is 0 Å². The van der Waals surface area contributed by atoms with Crippen molar-refractivity contribution in [2.45, 2.75) is 12.8 Å². The molecule has 182 valence electrons. The summed E-state index contributed by atoms with van der Waals surface area (Å²) in [5.41, 5.74) is 16.5. The molecular formula is C28H26Br2N6. The Balaban J connectivity index is 1.73. The van der Waals surface area contributed by atoms with Crippen molar-refractivity contribution >= 4 is 43.8 Å². The molecule has 6 nitrogen and oxygen atoms in total. The third-order valence-corrected chi connectivity index (χ3v) is 5.85. The molecule has 0 saturated carbocycles. The fourth-order valence-electron chi connectivity index (χ4n) is 3.38. The number of halogens is 2. The van der Waals surface area contributed by atoms with Crippen molar-refractivity contribution < 1.29 is 0 Å². The van der Waals surface area contributed by atoms with Crippen molar-refractivity contribution in [3.8, 4) is 23.7 Å². The van der Waals surface area contributed by atoms with Crippen LogP contribution < -0.4 is 22.1 Å². The largest absolute Gasteiger partial charge is 0.370 e. The van der Waals surface area contributed by atoms with Gasteiger partial charge in [-0.25, -0.2) is 0 Å². The second-order valence-corrected chi connectivity index (χ2v) is 9.79. The highest BCUT2D eigenvalue weighted by Crippen LogP contribution is 2.17. The van der Waals surface area contributed by atoms with Gasteiger partial charge in [0, 0.05) is 44.3 Å². The van der Waals surface area contributed by atoms with Gasteiger partial charge >= 0.3 is 0 Å². The molecule has 8 heteroatoms. The molecule has 0 aliphatic rings. The van der Waals surface area contributed by atoms with Crippen molar-refractivity contribution in [2.75, 3.05) is 13.1 Å². The van der Waals surface area contributed by atoms with Crippen molar-refractivity contribution in [3.05, 3.63) is 103 Å². The van der Waals surface area contributed by atoms with Crippen LogP contribution in [0.15, 0.2) is 69.6 Å². The maximum atomic E-state index is 7.27. The summed E-state index contributed by atoms with van der Waals surface area (Å²) in [4.78, 5) is 0. The van der Waals surface area contributed by atoms with Gasteiger partial charge in [0.1, 0.15) is 0 Å². The molecule has 0 aliphatic heterocycles. The van der Waals surface area contributed by atoms with E-state index < -0.39 is 0 Å². The van der Waals surface area contributed by atoms with Gasteiger partial charge in [0.15, 0.2) is 11.9 Å². The fraction of sp³-hybridized carbons (Fsp3) is 0.143. The van der Waals surface area contributed by atoms with Gasteiger partial charge in [-0.2, -0.15) is 0 Å². The zero-order valence-electron chi connectivity index (χ0n) is 19.5. The van der Waals surface area contributed by atoms with Crippen LogP contribution in [0.4, 0.5) is 0 Å². The quantitative estimate of drug-likeness (QED) is 0.144. The van der Waals surface area contributed by atoms with Gasteiger partial charge < -0.3 is 22.1 Å². The zero-order valence-corrected chi connectivity index (χ0v) is 22.7. The minimum absolute atomic E-state index is 0.0321. The Bertz CT molecular complexity index is 1290. The van der Waals surface area contributed by atoms with Crippen LogP contribution in [0.2, 0.25) is 0 Å². The predicted molar refractivity (Wildman–Crippen MR) is 154 cm³/mol. The molecule has 0 amide bonds. The maximum absolute atomic E-state index is 7.27. The number of nitrogens with two attached hydrogens (primary N) is 2. The summed E-state index contributed by atoms with van der Waals surface area (Å²) in [5, 5.41) is 20.2. The van der Waals surface area contributed by atoms with Crippen molar-refractivity contribution in [3.63, 3.8) is 0 Å². The minimum atomic E-state index is -0.0321. The lowest BCUT2D eigenvalue weighted by Gasteiger charge is -2.05. The molecule has 0 aromatic heterocycles. The predicted octanol–water partition coefficient (Wildman–Crippen LogP) is 4.06. The molecule has 3 aromatic carbocycles. The Morgan fingerprint density at radius 2 is 1.06 bits per heavy atom. The summed E-state index contributed by atoms with van der Waals surface area (Å²) in [7, 11) is 0. The molecule has 0 radical (unpaired) electrons. The summed E-state index contributed by atoms with van der Waals surface area (Å²) in [6, 6.07) is 20.0. The Morgan fingerprint density at radius 3 is 1.47 bits per heavy atom. The second kappa shape index (κ2) is 13.4. The lowest BCUT2D eigenvalue weighted by Crippen LogP contribution is -2.31. The van der Waals surface area contributed by atoms with Gasteiger partial charge in [0.05, 0.1) is 0 Å². The normalized spacial score (nSPS) is 9.83. The topological polar surface area (TPSA) is 124 Å². The first-order valence-corrected chi connectivity index (χ1v) is 12.7. The van der Waals surface area contributed by atoms with E-state index in [9.17, 15) is 0 Å². The van der Waals surface area contributed by atoms with Crippen molar-refractivity contribution in [1.29, 1.82) is 10.8 Å². The first kappa shape index (κ1) is 26.9. The maximum Gasteiger partial charge on any atom is 0.185 e. The molecule has 3 aromatic rings. The van der Waals surface area contributed by atoms with Gasteiger partial charge in [-0.3, -0.25) is 10.8 Å². The molecule has 0 saturated heterocycles. The average molecular weight is 606 g/mol. The van der Waals surface area contributed by atoms with Gasteiger partial charge in [-0.1, -0.05) is 61.6 Å². The third kappa shape index (κ3) is 9.50. The van der Waals surface area contributed by atoms with Crippen molar-refractivity contribution in [1.82, 2.24) is 10.6 Å². The van der Waals surface area contributed by atoms with Gasteiger partial charge in [-0.05, 0) is 78.6 Å². The molecule has 0 spiro atoms. The first-order chi connectivity index (χ1) is 17.3. The van der Waals surface area contributed by atoms with E-state index in [2.05, 4.69) is 66.2 Å². The van der Waals surface area contributed by atoms with Gasteiger partial charge in [0.2, 0.25) is 0 Å². The molecule has 0 atom stereocenters. The number of rotatable bonds is 6. The highest BCUT2D eigenvalue weighted by molar-refractivity contribution is 9.10. The van der Waals surface area contributed by atoms with Crippen LogP contribution in [0.1, 0.15) is 33.4 Å². The third-order valence-electron chi connectivity index (χ3n) is 4.94. The highest BCUT2D eigenvalue weighted by Gasteiger charge is 2.01. The summed E-state index contributed by atoms with van der Waals surface area (Å²) < 4.78 is 1.91. The molecule has 0 unspecified atom stereocenters. The summed E-state index contributed by atoms with van der Waals surface area (Å²) in [6.07, 6.45) is 1.48.